The molecule has 0 amide bonds. The van der Waals surface area contributed by atoms with Crippen LogP contribution >= 0.6 is 11.6 Å². The molecular weight excluding hydrogens is 310 g/mol. The monoisotopic (exact) mass is 329 g/mol. The highest BCUT2D eigenvalue weighted by Gasteiger charge is 2.34. The summed E-state index contributed by atoms with van der Waals surface area (Å²) in [5.41, 5.74) is 2.32. The molecule has 0 aromatic heterocycles. The van der Waals surface area contributed by atoms with Gasteiger partial charge in [-0.25, -0.2) is 0 Å². The van der Waals surface area contributed by atoms with Crippen molar-refractivity contribution in [3.63, 3.8) is 0 Å². The fraction of sp³-hybridized carbons (Fsp3) is 0.316. The van der Waals surface area contributed by atoms with Gasteiger partial charge in [0.15, 0.2) is 0 Å². The number of piperidine rings is 1. The quantitative estimate of drug-likeness (QED) is 0.920. The Labute approximate surface area is 141 Å². The van der Waals surface area contributed by atoms with Crippen LogP contribution in [0.25, 0.3) is 0 Å². The van der Waals surface area contributed by atoms with Crippen molar-refractivity contribution in [2.75, 3.05) is 13.1 Å². The van der Waals surface area contributed by atoms with Gasteiger partial charge < -0.3 is 5.11 Å². The van der Waals surface area contributed by atoms with E-state index in [-0.39, 0.29) is 11.8 Å². The lowest BCUT2D eigenvalue weighted by atomic mass is 9.80. The van der Waals surface area contributed by atoms with E-state index in [0.29, 0.717) is 11.4 Å². The van der Waals surface area contributed by atoms with E-state index in [0.717, 1.165) is 25.2 Å². The van der Waals surface area contributed by atoms with Gasteiger partial charge in [-0.3, -0.25) is 9.69 Å². The lowest BCUT2D eigenvalue weighted by Gasteiger charge is -2.37. The number of hydrogen-bond acceptors (Lipinski definition) is 2. The van der Waals surface area contributed by atoms with Gasteiger partial charge in [0.25, 0.3) is 0 Å². The number of carboxylic acid groups (broad SMARTS) is 1. The van der Waals surface area contributed by atoms with Crippen LogP contribution in [0, 0.1) is 5.92 Å². The van der Waals surface area contributed by atoms with E-state index in [4.69, 9.17) is 11.6 Å². The third-order valence-electron chi connectivity index (χ3n) is 4.56. The topological polar surface area (TPSA) is 40.5 Å². The van der Waals surface area contributed by atoms with Crippen LogP contribution in [0.5, 0.6) is 0 Å². The molecule has 1 aliphatic rings. The Balaban J connectivity index is 1.78. The van der Waals surface area contributed by atoms with Crippen molar-refractivity contribution < 1.29 is 9.90 Å². The molecule has 1 saturated heterocycles. The predicted molar refractivity (Wildman–Crippen MR) is 91.7 cm³/mol. The zero-order valence-corrected chi connectivity index (χ0v) is 13.6. The maximum absolute atomic E-state index is 11.6. The van der Waals surface area contributed by atoms with E-state index in [9.17, 15) is 9.90 Å². The first-order valence-electron chi connectivity index (χ1n) is 7.88. The number of rotatable bonds is 4. The number of hydrogen-bond donors (Lipinski definition) is 1. The molecule has 0 unspecified atom stereocenters. The molecule has 4 heteroatoms. The van der Waals surface area contributed by atoms with Crippen molar-refractivity contribution >= 4 is 17.6 Å². The molecular formula is C19H20ClNO2. The molecule has 2 atom stereocenters. The highest BCUT2D eigenvalue weighted by Crippen LogP contribution is 2.33. The first-order chi connectivity index (χ1) is 11.1. The van der Waals surface area contributed by atoms with Gasteiger partial charge in [-0.05, 0) is 36.2 Å². The molecule has 0 aliphatic carbocycles. The third kappa shape index (κ3) is 3.92. The van der Waals surface area contributed by atoms with Gasteiger partial charge in [0.2, 0.25) is 0 Å². The highest BCUT2D eigenvalue weighted by molar-refractivity contribution is 6.30. The summed E-state index contributed by atoms with van der Waals surface area (Å²) in [7, 11) is 0. The molecule has 0 bridgehead atoms. The predicted octanol–water partition coefficient (Wildman–Crippen LogP) is 4.03. The molecule has 1 fully saturated rings. The molecule has 1 heterocycles. The molecule has 1 N–H and O–H groups in total. The van der Waals surface area contributed by atoms with Crippen LogP contribution < -0.4 is 0 Å². The van der Waals surface area contributed by atoms with Crippen LogP contribution in [-0.2, 0) is 11.3 Å². The Morgan fingerprint density at radius 1 is 1.13 bits per heavy atom. The smallest absolute Gasteiger partial charge is 0.307 e. The summed E-state index contributed by atoms with van der Waals surface area (Å²) < 4.78 is 0. The van der Waals surface area contributed by atoms with Gasteiger partial charge in [-0.2, -0.15) is 0 Å². The first-order valence-corrected chi connectivity index (χ1v) is 8.26. The standard InChI is InChI=1S/C19H20ClNO2/c20-16-8-6-15(7-9-16)18-13-21(11-10-17(18)19(22)23)12-14-4-2-1-3-5-14/h1-9,17-18H,10-13H2,(H,22,23)/t17-,18+/m0/s1. The first kappa shape index (κ1) is 16.0. The third-order valence-corrected chi connectivity index (χ3v) is 4.81. The van der Waals surface area contributed by atoms with E-state index < -0.39 is 5.97 Å². The molecule has 0 saturated carbocycles. The van der Waals surface area contributed by atoms with E-state index >= 15 is 0 Å². The normalized spacial score (nSPS) is 22.0. The van der Waals surface area contributed by atoms with Gasteiger partial charge in [-0.15, -0.1) is 0 Å². The average molecular weight is 330 g/mol. The van der Waals surface area contributed by atoms with Crippen LogP contribution in [-0.4, -0.2) is 29.1 Å². The van der Waals surface area contributed by atoms with E-state index in [2.05, 4.69) is 17.0 Å². The number of likely N-dealkylation sites (tertiary alicyclic amines) is 1. The van der Waals surface area contributed by atoms with Crippen molar-refractivity contribution in [3.05, 3.63) is 70.7 Å². The van der Waals surface area contributed by atoms with Crippen LogP contribution in [0.3, 0.4) is 0 Å². The van der Waals surface area contributed by atoms with Gasteiger partial charge in [0, 0.05) is 24.0 Å². The molecule has 1 aliphatic heterocycles. The summed E-state index contributed by atoms with van der Waals surface area (Å²) in [4.78, 5) is 14.0. The van der Waals surface area contributed by atoms with Crippen molar-refractivity contribution in [3.8, 4) is 0 Å². The minimum atomic E-state index is -0.704. The second kappa shape index (κ2) is 7.16. The highest BCUT2D eigenvalue weighted by atomic mass is 35.5. The zero-order chi connectivity index (χ0) is 16.2. The summed E-state index contributed by atoms with van der Waals surface area (Å²) >= 11 is 5.96. The molecule has 3 nitrogen and oxygen atoms in total. The van der Waals surface area contributed by atoms with Crippen molar-refractivity contribution in [1.29, 1.82) is 0 Å². The van der Waals surface area contributed by atoms with Gasteiger partial charge >= 0.3 is 5.97 Å². The minimum Gasteiger partial charge on any atom is -0.481 e. The lowest BCUT2D eigenvalue weighted by molar-refractivity contribution is -0.144. The Morgan fingerprint density at radius 2 is 1.83 bits per heavy atom. The maximum Gasteiger partial charge on any atom is 0.307 e. The molecule has 0 radical (unpaired) electrons. The van der Waals surface area contributed by atoms with Crippen LogP contribution in [0.15, 0.2) is 54.6 Å². The van der Waals surface area contributed by atoms with E-state index in [1.807, 2.05) is 42.5 Å². The Hall–Kier alpha value is -1.84. The molecule has 23 heavy (non-hydrogen) atoms. The minimum absolute atomic E-state index is 0.00206. The second-order valence-corrected chi connectivity index (χ2v) is 6.55. The fourth-order valence-electron chi connectivity index (χ4n) is 3.35. The summed E-state index contributed by atoms with van der Waals surface area (Å²) in [6.45, 7) is 2.43. The summed E-state index contributed by atoms with van der Waals surface area (Å²) in [5, 5.41) is 10.2. The van der Waals surface area contributed by atoms with Gasteiger partial charge in [0.05, 0.1) is 5.92 Å². The number of nitrogens with zero attached hydrogens (tertiary/aromatic N) is 1. The van der Waals surface area contributed by atoms with Crippen LogP contribution in [0.2, 0.25) is 5.02 Å². The zero-order valence-electron chi connectivity index (χ0n) is 12.9. The largest absolute Gasteiger partial charge is 0.481 e. The second-order valence-electron chi connectivity index (χ2n) is 6.11. The summed E-state index contributed by atoms with van der Waals surface area (Å²) in [5.74, 6) is -1.03. The average Bonchev–Trinajstić information content (AvgIpc) is 2.56. The molecule has 3 rings (SSSR count). The molecule has 120 valence electrons. The van der Waals surface area contributed by atoms with Crippen molar-refractivity contribution in [2.24, 2.45) is 5.92 Å². The lowest BCUT2D eigenvalue weighted by Crippen LogP contribution is -2.41. The van der Waals surface area contributed by atoms with Crippen LogP contribution in [0.4, 0.5) is 0 Å². The van der Waals surface area contributed by atoms with Crippen LogP contribution in [0.1, 0.15) is 23.5 Å². The Kier molecular flexibility index (Phi) is 4.99. The maximum atomic E-state index is 11.6. The summed E-state index contributed by atoms with van der Waals surface area (Å²) in [6.07, 6.45) is 0.676. The number of halogens is 1. The molecule has 2 aromatic carbocycles. The number of carboxylic acids is 1. The Bertz CT molecular complexity index is 657. The number of benzene rings is 2. The number of aliphatic carboxylic acids is 1. The van der Waals surface area contributed by atoms with Crippen molar-refractivity contribution in [1.82, 2.24) is 4.90 Å². The molecule has 2 aromatic rings. The summed E-state index contributed by atoms with van der Waals surface area (Å²) in [6, 6.07) is 17.9. The van der Waals surface area contributed by atoms with E-state index in [1.54, 1.807) is 0 Å². The SMILES string of the molecule is O=C(O)[C@H]1CCN(Cc2ccccc2)C[C@@H]1c1ccc(Cl)cc1. The number of carbonyl (C=O) groups is 1. The van der Waals surface area contributed by atoms with Gasteiger partial charge in [-0.1, -0.05) is 54.1 Å². The van der Waals surface area contributed by atoms with Gasteiger partial charge in [0.1, 0.15) is 0 Å². The Morgan fingerprint density at radius 3 is 2.48 bits per heavy atom. The van der Waals surface area contributed by atoms with Crippen molar-refractivity contribution in [2.45, 2.75) is 18.9 Å². The van der Waals surface area contributed by atoms with E-state index in [1.165, 1.54) is 5.56 Å². The molecule has 0 spiro atoms. The fourth-order valence-corrected chi connectivity index (χ4v) is 3.47.